The van der Waals surface area contributed by atoms with Gasteiger partial charge in [-0.2, -0.15) is 5.06 Å². The molecule has 0 aromatic rings. The predicted octanol–water partition coefficient (Wildman–Crippen LogP) is -0.684. The van der Waals surface area contributed by atoms with Gasteiger partial charge in [-0.15, -0.1) is 0 Å². The molecule has 18 heavy (non-hydrogen) atoms. The van der Waals surface area contributed by atoms with Gasteiger partial charge in [0.2, 0.25) is 5.91 Å². The van der Waals surface area contributed by atoms with E-state index in [2.05, 4.69) is 9.88 Å². The van der Waals surface area contributed by atoms with Gasteiger partial charge in [-0.1, -0.05) is 11.1 Å². The smallest absolute Gasteiger partial charge is 0.348 e. The number of hydrogen-bond donors (Lipinski definition) is 1. The van der Waals surface area contributed by atoms with Gasteiger partial charge in [-0.05, 0) is 12.5 Å². The average Bonchev–Trinajstić information content (AvgIpc) is 2.49. The van der Waals surface area contributed by atoms with Crippen LogP contribution in [0.3, 0.4) is 0 Å². The van der Waals surface area contributed by atoms with Crippen LogP contribution < -0.4 is 5.73 Å². The van der Waals surface area contributed by atoms with Gasteiger partial charge >= 0.3 is 12.0 Å². The fraction of sp³-hybridized carbons (Fsp3) is 0.500. The largest absolute Gasteiger partial charge is 0.368 e. The van der Waals surface area contributed by atoms with E-state index >= 15 is 0 Å². The lowest BCUT2D eigenvalue weighted by molar-refractivity contribution is -0.376. The van der Waals surface area contributed by atoms with E-state index < -0.39 is 30.0 Å². The molecule has 8 nitrogen and oxygen atoms in total. The van der Waals surface area contributed by atoms with Crippen LogP contribution in [0.1, 0.15) is 13.8 Å². The number of amides is 3. The SMILES string of the molecule is CC(=O)OON1C(=O)N2C[C@H]1C=C(C)[C@H]2C(N)=O. The van der Waals surface area contributed by atoms with Gasteiger partial charge in [-0.25, -0.2) is 9.59 Å². The topological polar surface area (TPSA) is 102 Å². The Morgan fingerprint density at radius 3 is 2.72 bits per heavy atom. The minimum atomic E-state index is -0.778. The molecule has 0 spiro atoms. The molecule has 0 aromatic heterocycles. The standard InChI is InChI=1S/C10H13N3O5/c1-5-3-7-4-12(8(5)9(11)15)10(16)13(7)18-17-6(2)14/h3,7-8H,4H2,1-2H3,(H2,11,15)/t7-,8+/m1/s1. The predicted molar refractivity (Wildman–Crippen MR) is 57.3 cm³/mol. The number of hydroxylamine groups is 2. The molecule has 0 unspecified atom stereocenters. The molecule has 0 aliphatic carbocycles. The van der Waals surface area contributed by atoms with E-state index in [4.69, 9.17) is 5.73 Å². The van der Waals surface area contributed by atoms with Gasteiger partial charge in [0.15, 0.2) is 0 Å². The summed E-state index contributed by atoms with van der Waals surface area (Å²) in [4.78, 5) is 44.2. The first kappa shape index (κ1) is 12.4. The van der Waals surface area contributed by atoms with Crippen molar-refractivity contribution in [2.24, 2.45) is 5.73 Å². The number of hydrogen-bond acceptors (Lipinski definition) is 5. The van der Waals surface area contributed by atoms with Crippen LogP contribution >= 0.6 is 0 Å². The Kier molecular flexibility index (Phi) is 2.95. The normalized spacial score (nSPS) is 26.1. The zero-order valence-electron chi connectivity index (χ0n) is 9.95. The Morgan fingerprint density at radius 1 is 1.50 bits per heavy atom. The molecule has 2 atom stereocenters. The van der Waals surface area contributed by atoms with Gasteiger partial charge < -0.3 is 10.6 Å². The van der Waals surface area contributed by atoms with Gasteiger partial charge in [0.25, 0.3) is 0 Å². The summed E-state index contributed by atoms with van der Waals surface area (Å²) in [7, 11) is 0. The molecule has 2 heterocycles. The van der Waals surface area contributed by atoms with E-state index in [9.17, 15) is 14.4 Å². The molecule has 98 valence electrons. The third-order valence-corrected chi connectivity index (χ3v) is 2.82. The Bertz CT molecular complexity index is 447. The Morgan fingerprint density at radius 2 is 2.17 bits per heavy atom. The average molecular weight is 255 g/mol. The molecule has 2 rings (SSSR count). The van der Waals surface area contributed by atoms with Crippen molar-refractivity contribution in [1.82, 2.24) is 9.96 Å². The first-order chi connectivity index (χ1) is 8.41. The fourth-order valence-electron chi connectivity index (χ4n) is 2.16. The summed E-state index contributed by atoms with van der Waals surface area (Å²) < 4.78 is 0. The second-order valence-electron chi connectivity index (χ2n) is 4.19. The Balaban J connectivity index is 2.19. The molecule has 2 N–H and O–H groups in total. The number of carbonyl (C=O) groups excluding carboxylic acids is 3. The van der Waals surface area contributed by atoms with E-state index in [-0.39, 0.29) is 6.54 Å². The van der Waals surface area contributed by atoms with Crippen LogP contribution in [-0.2, 0) is 19.5 Å². The minimum Gasteiger partial charge on any atom is -0.368 e. The molecule has 1 saturated heterocycles. The summed E-state index contributed by atoms with van der Waals surface area (Å²) in [5.74, 6) is -1.28. The molecule has 8 heteroatoms. The van der Waals surface area contributed by atoms with Gasteiger partial charge in [0.05, 0.1) is 6.54 Å². The molecule has 0 radical (unpaired) electrons. The van der Waals surface area contributed by atoms with Crippen LogP contribution in [0.2, 0.25) is 0 Å². The number of urea groups is 1. The van der Waals surface area contributed by atoms with Crippen LogP contribution in [0.5, 0.6) is 0 Å². The second kappa shape index (κ2) is 4.30. The summed E-state index contributed by atoms with van der Waals surface area (Å²) in [5, 5.41) is 0.911. The quantitative estimate of drug-likeness (QED) is 0.409. The van der Waals surface area contributed by atoms with E-state index in [1.165, 1.54) is 4.90 Å². The minimum absolute atomic E-state index is 0.269. The van der Waals surface area contributed by atoms with Crippen molar-refractivity contribution in [3.63, 3.8) is 0 Å². The van der Waals surface area contributed by atoms with Crippen LogP contribution in [0, 0.1) is 0 Å². The first-order valence-electron chi connectivity index (χ1n) is 5.34. The number of rotatable bonds is 3. The highest BCUT2D eigenvalue weighted by Gasteiger charge is 2.47. The summed E-state index contributed by atoms with van der Waals surface area (Å²) in [6.07, 6.45) is 1.69. The van der Waals surface area contributed by atoms with E-state index in [0.717, 1.165) is 12.0 Å². The third-order valence-electron chi connectivity index (χ3n) is 2.82. The Labute approximate surface area is 103 Å². The summed E-state index contributed by atoms with van der Waals surface area (Å²) >= 11 is 0. The lowest BCUT2D eigenvalue weighted by Gasteiger charge is -2.27. The van der Waals surface area contributed by atoms with Crippen LogP contribution in [0.15, 0.2) is 11.6 Å². The number of primary amides is 1. The maximum Gasteiger partial charge on any atom is 0.348 e. The molecule has 3 amide bonds. The lowest BCUT2D eigenvalue weighted by atomic mass is 10.0. The van der Waals surface area contributed by atoms with Crippen molar-refractivity contribution in [2.75, 3.05) is 6.54 Å². The number of nitrogens with zero attached hydrogens (tertiary/aromatic N) is 2. The van der Waals surface area contributed by atoms with Crippen molar-refractivity contribution in [1.29, 1.82) is 0 Å². The van der Waals surface area contributed by atoms with Gasteiger partial charge in [0.1, 0.15) is 12.1 Å². The first-order valence-corrected chi connectivity index (χ1v) is 5.34. The molecular formula is C10H13N3O5. The van der Waals surface area contributed by atoms with Crippen molar-refractivity contribution < 1.29 is 24.3 Å². The lowest BCUT2D eigenvalue weighted by Crippen LogP contribution is -2.48. The molecule has 1 fully saturated rings. The maximum atomic E-state index is 12.0. The van der Waals surface area contributed by atoms with Crippen molar-refractivity contribution in [3.8, 4) is 0 Å². The van der Waals surface area contributed by atoms with Crippen LogP contribution in [0.25, 0.3) is 0 Å². The van der Waals surface area contributed by atoms with Gasteiger partial charge in [-0.3, -0.25) is 9.68 Å². The number of carbonyl (C=O) groups is 3. The highest BCUT2D eigenvalue weighted by Crippen LogP contribution is 2.29. The van der Waals surface area contributed by atoms with Crippen molar-refractivity contribution in [3.05, 3.63) is 11.6 Å². The van der Waals surface area contributed by atoms with Crippen molar-refractivity contribution in [2.45, 2.75) is 25.9 Å². The third kappa shape index (κ3) is 1.90. The summed E-state index contributed by atoms with van der Waals surface area (Å²) in [6.45, 7) is 3.13. The highest BCUT2D eigenvalue weighted by molar-refractivity contribution is 5.90. The van der Waals surface area contributed by atoms with E-state index in [1.54, 1.807) is 13.0 Å². The zero-order chi connectivity index (χ0) is 13.4. The van der Waals surface area contributed by atoms with Crippen LogP contribution in [0.4, 0.5) is 4.79 Å². The molecule has 2 bridgehead atoms. The zero-order valence-corrected chi connectivity index (χ0v) is 9.95. The summed E-state index contributed by atoms with van der Waals surface area (Å²) in [5.41, 5.74) is 5.92. The molecule has 0 aromatic carbocycles. The molecular weight excluding hydrogens is 242 g/mol. The molecule has 2 aliphatic rings. The molecule has 2 aliphatic heterocycles. The Hall–Kier alpha value is -2.09. The van der Waals surface area contributed by atoms with E-state index in [1.807, 2.05) is 0 Å². The molecule has 0 saturated carbocycles. The second-order valence-corrected chi connectivity index (χ2v) is 4.19. The maximum absolute atomic E-state index is 12.0. The van der Waals surface area contributed by atoms with Crippen LogP contribution in [-0.4, -0.2) is 46.5 Å². The number of fused-ring (bicyclic) bond motifs is 2. The highest BCUT2D eigenvalue weighted by atomic mass is 17.3. The van der Waals surface area contributed by atoms with E-state index in [0.29, 0.717) is 5.57 Å². The van der Waals surface area contributed by atoms with Crippen molar-refractivity contribution >= 4 is 17.9 Å². The summed E-state index contributed by atoms with van der Waals surface area (Å²) in [6, 6.07) is -1.73. The fourth-order valence-corrected chi connectivity index (χ4v) is 2.16. The monoisotopic (exact) mass is 255 g/mol. The number of nitrogens with two attached hydrogens (primary N) is 1. The van der Waals surface area contributed by atoms with Gasteiger partial charge in [0, 0.05) is 6.92 Å².